The van der Waals surface area contributed by atoms with Gasteiger partial charge < -0.3 is 15.0 Å². The fourth-order valence-electron chi connectivity index (χ4n) is 2.41. The van der Waals surface area contributed by atoms with Crippen molar-refractivity contribution in [3.8, 4) is 0 Å². The number of amides is 2. The van der Waals surface area contributed by atoms with E-state index >= 15 is 0 Å². The Kier molecular flexibility index (Phi) is 4.57. The maximum Gasteiger partial charge on any atom is 0.420 e. The van der Waals surface area contributed by atoms with E-state index in [1.165, 1.54) is 0 Å². The van der Waals surface area contributed by atoms with Gasteiger partial charge in [0.1, 0.15) is 0 Å². The molecule has 0 radical (unpaired) electrons. The molecule has 2 rings (SSSR count). The van der Waals surface area contributed by atoms with Crippen molar-refractivity contribution in [1.29, 1.82) is 0 Å². The molecular weight excluding hydrogens is 311 g/mol. The van der Waals surface area contributed by atoms with Gasteiger partial charge in [0.25, 0.3) is 0 Å². The summed E-state index contributed by atoms with van der Waals surface area (Å²) in [6.45, 7) is 3.16. The average Bonchev–Trinajstić information content (AvgIpc) is 2.44. The fraction of sp³-hybridized carbons (Fsp3) is 0.600. The number of alkyl halides is 3. The first kappa shape index (κ1) is 17.5. The van der Waals surface area contributed by atoms with Crippen LogP contribution in [0.15, 0.2) is 24.5 Å². The highest BCUT2D eigenvalue weighted by Gasteiger charge is 2.63. The van der Waals surface area contributed by atoms with Gasteiger partial charge in [-0.25, -0.2) is 4.79 Å². The van der Waals surface area contributed by atoms with Gasteiger partial charge in [-0.1, -0.05) is 19.9 Å². The number of aromatic nitrogens is 1. The Morgan fingerprint density at radius 3 is 2.57 bits per heavy atom. The molecule has 1 aromatic rings. The number of halogens is 3. The topological polar surface area (TPSA) is 54.5 Å². The zero-order chi connectivity index (χ0) is 17.3. The zero-order valence-electron chi connectivity index (χ0n) is 13.3. The van der Waals surface area contributed by atoms with Crippen LogP contribution in [0.5, 0.6) is 0 Å². The van der Waals surface area contributed by atoms with Crippen LogP contribution in [0.1, 0.15) is 19.4 Å². The third kappa shape index (κ3) is 3.41. The van der Waals surface area contributed by atoms with Gasteiger partial charge in [-0.2, -0.15) is 13.2 Å². The molecule has 0 saturated carbocycles. The molecule has 8 heteroatoms. The summed E-state index contributed by atoms with van der Waals surface area (Å²) in [5, 5.41) is 2.67. The number of likely N-dealkylation sites (tertiary alicyclic amines) is 1. The number of rotatable bonds is 4. The monoisotopic (exact) mass is 331 g/mol. The molecule has 0 atom stereocenters. The van der Waals surface area contributed by atoms with E-state index in [0.717, 1.165) is 17.6 Å². The van der Waals surface area contributed by atoms with Gasteiger partial charge in [0.05, 0.1) is 13.1 Å². The molecule has 1 saturated heterocycles. The van der Waals surface area contributed by atoms with Crippen LogP contribution >= 0.6 is 0 Å². The van der Waals surface area contributed by atoms with E-state index in [1.54, 1.807) is 18.5 Å². The second-order valence-electron chi connectivity index (χ2n) is 6.34. The molecular formula is C15H20F3N3O2. The number of carbonyl (C=O) groups is 1. The Labute approximate surface area is 132 Å². The minimum atomic E-state index is -4.49. The van der Waals surface area contributed by atoms with Crippen molar-refractivity contribution < 1.29 is 22.7 Å². The van der Waals surface area contributed by atoms with Crippen LogP contribution in [0.3, 0.4) is 0 Å². The van der Waals surface area contributed by atoms with Gasteiger partial charge in [-0.15, -0.1) is 0 Å². The first-order chi connectivity index (χ1) is 10.6. The van der Waals surface area contributed by atoms with E-state index in [1.807, 2.05) is 19.9 Å². The number of urea groups is 1. The Morgan fingerprint density at radius 1 is 1.43 bits per heavy atom. The molecule has 2 heterocycles. The number of ether oxygens (including phenoxy) is 1. The summed E-state index contributed by atoms with van der Waals surface area (Å²) in [7, 11) is 1.01. The first-order valence-corrected chi connectivity index (χ1v) is 7.16. The van der Waals surface area contributed by atoms with E-state index in [2.05, 4.69) is 15.0 Å². The number of carbonyl (C=O) groups excluding carboxylic acids is 1. The van der Waals surface area contributed by atoms with Crippen LogP contribution in [-0.4, -0.2) is 54.4 Å². The standard InChI is InChI=1S/C15H20F3N3O2/c1-13(2,11-5-4-6-19-7-11)8-20-12(22)21-9-14(10-21,23-3)15(16,17)18/h4-7H,8-10H2,1-3H3,(H,20,22). The Bertz CT molecular complexity index is 555. The zero-order valence-corrected chi connectivity index (χ0v) is 13.3. The van der Waals surface area contributed by atoms with E-state index in [-0.39, 0.29) is 5.41 Å². The van der Waals surface area contributed by atoms with Gasteiger partial charge in [-0.05, 0) is 11.6 Å². The van der Waals surface area contributed by atoms with Crippen LogP contribution < -0.4 is 5.32 Å². The predicted octanol–water partition coefficient (Wildman–Crippen LogP) is 2.33. The molecule has 5 nitrogen and oxygen atoms in total. The molecule has 1 aromatic heterocycles. The van der Waals surface area contributed by atoms with Gasteiger partial charge >= 0.3 is 12.2 Å². The number of pyridine rings is 1. The summed E-state index contributed by atoms with van der Waals surface area (Å²) in [4.78, 5) is 17.1. The Hall–Kier alpha value is -1.83. The third-order valence-electron chi connectivity index (χ3n) is 4.21. The summed E-state index contributed by atoms with van der Waals surface area (Å²) in [6, 6.07) is 3.16. The smallest absolute Gasteiger partial charge is 0.365 e. The van der Waals surface area contributed by atoms with Gasteiger partial charge in [0.15, 0.2) is 5.60 Å². The van der Waals surface area contributed by atoms with Crippen molar-refractivity contribution in [1.82, 2.24) is 15.2 Å². The van der Waals surface area contributed by atoms with Crippen LogP contribution in [0.25, 0.3) is 0 Å². The Morgan fingerprint density at radius 2 is 2.09 bits per heavy atom. The summed E-state index contributed by atoms with van der Waals surface area (Å²) in [5.41, 5.74) is -1.69. The molecule has 0 aromatic carbocycles. The van der Waals surface area contributed by atoms with E-state index in [0.29, 0.717) is 6.54 Å². The quantitative estimate of drug-likeness (QED) is 0.921. The maximum atomic E-state index is 12.9. The largest absolute Gasteiger partial charge is 0.420 e. The molecule has 1 aliphatic heterocycles. The van der Waals surface area contributed by atoms with Crippen LogP contribution in [-0.2, 0) is 10.2 Å². The average molecular weight is 331 g/mol. The number of nitrogens with one attached hydrogen (secondary N) is 1. The van der Waals surface area contributed by atoms with Crippen molar-refractivity contribution in [2.75, 3.05) is 26.7 Å². The number of methoxy groups -OCH3 is 1. The highest BCUT2D eigenvalue weighted by Crippen LogP contribution is 2.40. The molecule has 0 bridgehead atoms. The van der Waals surface area contributed by atoms with Crippen LogP contribution in [0.4, 0.5) is 18.0 Å². The van der Waals surface area contributed by atoms with Gasteiger partial charge in [-0.3, -0.25) is 4.98 Å². The molecule has 0 aliphatic carbocycles. The minimum absolute atomic E-state index is 0.292. The highest BCUT2D eigenvalue weighted by atomic mass is 19.4. The molecule has 128 valence electrons. The van der Waals surface area contributed by atoms with Crippen molar-refractivity contribution in [3.05, 3.63) is 30.1 Å². The lowest BCUT2D eigenvalue weighted by molar-refractivity contribution is -0.303. The molecule has 1 fully saturated rings. The number of nitrogens with zero attached hydrogens (tertiary/aromatic N) is 2. The predicted molar refractivity (Wildman–Crippen MR) is 78.0 cm³/mol. The van der Waals surface area contributed by atoms with Crippen LogP contribution in [0.2, 0.25) is 0 Å². The van der Waals surface area contributed by atoms with Gasteiger partial charge in [0, 0.05) is 31.5 Å². The summed E-state index contributed by atoms with van der Waals surface area (Å²) in [6.07, 6.45) is -1.14. The van der Waals surface area contributed by atoms with E-state index in [4.69, 9.17) is 0 Å². The van der Waals surface area contributed by atoms with Crippen molar-refractivity contribution in [2.45, 2.75) is 31.0 Å². The minimum Gasteiger partial charge on any atom is -0.365 e. The summed E-state index contributed by atoms with van der Waals surface area (Å²) < 4.78 is 43.3. The molecule has 2 amide bonds. The maximum absolute atomic E-state index is 12.9. The lowest BCUT2D eigenvalue weighted by Crippen LogP contribution is -2.72. The van der Waals surface area contributed by atoms with Crippen molar-refractivity contribution in [3.63, 3.8) is 0 Å². The number of hydrogen-bond donors (Lipinski definition) is 1. The summed E-state index contributed by atoms with van der Waals surface area (Å²) >= 11 is 0. The summed E-state index contributed by atoms with van der Waals surface area (Å²) in [5.74, 6) is 0. The first-order valence-electron chi connectivity index (χ1n) is 7.16. The van der Waals surface area contributed by atoms with E-state index < -0.39 is 30.9 Å². The van der Waals surface area contributed by atoms with Gasteiger partial charge in [0.2, 0.25) is 0 Å². The molecule has 1 aliphatic rings. The molecule has 0 unspecified atom stereocenters. The fourth-order valence-corrected chi connectivity index (χ4v) is 2.41. The highest BCUT2D eigenvalue weighted by molar-refractivity contribution is 5.75. The van der Waals surface area contributed by atoms with Crippen LogP contribution in [0, 0.1) is 0 Å². The SMILES string of the molecule is COC1(C(F)(F)F)CN(C(=O)NCC(C)(C)c2cccnc2)C1. The second-order valence-corrected chi connectivity index (χ2v) is 6.34. The normalized spacial score (nSPS) is 17.6. The lowest BCUT2D eigenvalue weighted by atomic mass is 9.85. The second kappa shape index (κ2) is 5.99. The molecule has 0 spiro atoms. The Balaban J connectivity index is 1.90. The van der Waals surface area contributed by atoms with E-state index in [9.17, 15) is 18.0 Å². The molecule has 1 N–H and O–H groups in total. The van der Waals surface area contributed by atoms with Crippen molar-refractivity contribution in [2.24, 2.45) is 0 Å². The lowest BCUT2D eigenvalue weighted by Gasteiger charge is -2.49. The van der Waals surface area contributed by atoms with Crippen molar-refractivity contribution >= 4 is 6.03 Å². The number of hydrogen-bond acceptors (Lipinski definition) is 3. The third-order valence-corrected chi connectivity index (χ3v) is 4.21. The molecule has 23 heavy (non-hydrogen) atoms.